The Morgan fingerprint density at radius 1 is 1.33 bits per heavy atom. The van der Waals surface area contributed by atoms with E-state index < -0.39 is 9.84 Å². The molecular formula is C12H19N3O2S. The van der Waals surface area contributed by atoms with Crippen LogP contribution in [0.2, 0.25) is 0 Å². The molecule has 1 saturated heterocycles. The Hall–Kier alpha value is -1.01. The van der Waals surface area contributed by atoms with Crippen LogP contribution in [0.5, 0.6) is 0 Å². The van der Waals surface area contributed by atoms with Gasteiger partial charge in [-0.2, -0.15) is 0 Å². The molecule has 1 aliphatic rings. The van der Waals surface area contributed by atoms with E-state index in [1.54, 1.807) is 12.4 Å². The fourth-order valence-corrected chi connectivity index (χ4v) is 3.65. The van der Waals surface area contributed by atoms with E-state index in [1.165, 1.54) is 0 Å². The van der Waals surface area contributed by atoms with Gasteiger partial charge in [0.2, 0.25) is 0 Å². The third kappa shape index (κ3) is 3.05. The minimum Gasteiger partial charge on any atom is -0.321 e. The van der Waals surface area contributed by atoms with Gasteiger partial charge in [-0.25, -0.2) is 18.4 Å². The summed E-state index contributed by atoms with van der Waals surface area (Å²) in [5.41, 5.74) is 6.88. The Kier molecular flexibility index (Phi) is 3.97. The molecule has 6 heteroatoms. The van der Waals surface area contributed by atoms with Crippen LogP contribution in [0.3, 0.4) is 0 Å². The van der Waals surface area contributed by atoms with Crippen molar-refractivity contribution in [3.8, 4) is 0 Å². The van der Waals surface area contributed by atoms with Gasteiger partial charge in [0.05, 0.1) is 17.5 Å². The summed E-state index contributed by atoms with van der Waals surface area (Å²) in [7, 11) is -2.81. The van der Waals surface area contributed by atoms with Gasteiger partial charge in [-0.1, -0.05) is 6.92 Å². The molecule has 1 aliphatic heterocycles. The van der Waals surface area contributed by atoms with Crippen molar-refractivity contribution < 1.29 is 8.42 Å². The molecule has 2 rings (SSSR count). The van der Waals surface area contributed by atoms with Crippen LogP contribution in [-0.4, -0.2) is 29.9 Å². The number of hydrogen-bond donors (Lipinski definition) is 1. The third-order valence-corrected chi connectivity index (χ3v) is 5.20. The number of nitrogens with zero attached hydrogens (tertiary/aromatic N) is 2. The highest BCUT2D eigenvalue weighted by Gasteiger charge is 2.25. The minimum absolute atomic E-state index is 0.120. The summed E-state index contributed by atoms with van der Waals surface area (Å²) >= 11 is 0. The largest absolute Gasteiger partial charge is 0.321 e. The number of nitrogens with two attached hydrogens (primary N) is 1. The van der Waals surface area contributed by atoms with Gasteiger partial charge >= 0.3 is 0 Å². The normalized spacial score (nSPS) is 21.7. The highest BCUT2D eigenvalue weighted by molar-refractivity contribution is 7.91. The van der Waals surface area contributed by atoms with Crippen LogP contribution in [0.4, 0.5) is 0 Å². The molecule has 5 nitrogen and oxygen atoms in total. The first kappa shape index (κ1) is 13.4. The average molecular weight is 269 g/mol. The molecule has 1 unspecified atom stereocenters. The SMILES string of the molecule is CCC(N)c1ncc(C2CCS(=O)(=O)CC2)cn1. The van der Waals surface area contributed by atoms with Crippen molar-refractivity contribution in [3.63, 3.8) is 0 Å². The smallest absolute Gasteiger partial charge is 0.150 e. The lowest BCUT2D eigenvalue weighted by Gasteiger charge is -2.21. The molecule has 0 saturated carbocycles. The predicted octanol–water partition coefficient (Wildman–Crippen LogP) is 1.18. The zero-order chi connectivity index (χ0) is 13.2. The van der Waals surface area contributed by atoms with Gasteiger partial charge in [-0.3, -0.25) is 0 Å². The lowest BCUT2D eigenvalue weighted by molar-refractivity contribution is 0.547. The van der Waals surface area contributed by atoms with Gasteiger partial charge in [-0.05, 0) is 30.7 Å². The van der Waals surface area contributed by atoms with Crippen LogP contribution < -0.4 is 5.73 Å². The molecule has 1 atom stereocenters. The number of rotatable bonds is 3. The Balaban J connectivity index is 2.07. The molecule has 0 amide bonds. The van der Waals surface area contributed by atoms with E-state index in [2.05, 4.69) is 9.97 Å². The van der Waals surface area contributed by atoms with Crippen LogP contribution in [0, 0.1) is 0 Å². The molecule has 100 valence electrons. The molecule has 0 radical (unpaired) electrons. The zero-order valence-corrected chi connectivity index (χ0v) is 11.4. The van der Waals surface area contributed by atoms with Gasteiger partial charge in [0.1, 0.15) is 15.7 Å². The Morgan fingerprint density at radius 3 is 2.39 bits per heavy atom. The maximum atomic E-state index is 11.4. The van der Waals surface area contributed by atoms with Crippen LogP contribution in [-0.2, 0) is 9.84 Å². The van der Waals surface area contributed by atoms with Crippen molar-refractivity contribution >= 4 is 9.84 Å². The molecular weight excluding hydrogens is 250 g/mol. The molecule has 0 aromatic carbocycles. The van der Waals surface area contributed by atoms with Crippen LogP contribution in [0.1, 0.15) is 49.5 Å². The highest BCUT2D eigenvalue weighted by atomic mass is 32.2. The Morgan fingerprint density at radius 2 is 1.89 bits per heavy atom. The summed E-state index contributed by atoms with van der Waals surface area (Å²) in [6, 6.07) is -0.120. The first-order valence-electron chi connectivity index (χ1n) is 6.29. The van der Waals surface area contributed by atoms with Crippen molar-refractivity contribution in [1.29, 1.82) is 0 Å². The monoisotopic (exact) mass is 269 g/mol. The lowest BCUT2D eigenvalue weighted by atomic mass is 9.96. The first-order valence-corrected chi connectivity index (χ1v) is 8.12. The first-order chi connectivity index (χ1) is 8.52. The van der Waals surface area contributed by atoms with E-state index in [1.807, 2.05) is 6.92 Å². The van der Waals surface area contributed by atoms with Gasteiger partial charge in [0.15, 0.2) is 0 Å². The second-order valence-electron chi connectivity index (χ2n) is 4.82. The molecule has 1 fully saturated rings. The molecule has 18 heavy (non-hydrogen) atoms. The Labute approximate surface area is 108 Å². The fraction of sp³-hybridized carbons (Fsp3) is 0.667. The lowest BCUT2D eigenvalue weighted by Crippen LogP contribution is -2.22. The van der Waals surface area contributed by atoms with Crippen molar-refractivity contribution in [2.24, 2.45) is 5.73 Å². The molecule has 1 aromatic heterocycles. The van der Waals surface area contributed by atoms with Crippen molar-refractivity contribution in [2.75, 3.05) is 11.5 Å². The van der Waals surface area contributed by atoms with E-state index in [-0.39, 0.29) is 23.5 Å². The van der Waals surface area contributed by atoms with E-state index in [4.69, 9.17) is 5.73 Å². The van der Waals surface area contributed by atoms with E-state index in [0.717, 1.165) is 12.0 Å². The molecule has 0 aliphatic carbocycles. The third-order valence-electron chi connectivity index (χ3n) is 3.49. The summed E-state index contributed by atoms with van der Waals surface area (Å²) in [4.78, 5) is 8.55. The molecule has 0 spiro atoms. The highest BCUT2D eigenvalue weighted by Crippen LogP contribution is 2.28. The summed E-state index contributed by atoms with van der Waals surface area (Å²) in [6.45, 7) is 1.99. The van der Waals surface area contributed by atoms with Crippen LogP contribution >= 0.6 is 0 Å². The van der Waals surface area contributed by atoms with Crippen LogP contribution in [0.15, 0.2) is 12.4 Å². The maximum absolute atomic E-state index is 11.4. The van der Waals surface area contributed by atoms with Gasteiger partial charge in [0.25, 0.3) is 0 Å². The fourth-order valence-electron chi connectivity index (χ4n) is 2.16. The van der Waals surface area contributed by atoms with Crippen LogP contribution in [0.25, 0.3) is 0 Å². The minimum atomic E-state index is -2.81. The van der Waals surface area contributed by atoms with E-state index >= 15 is 0 Å². The maximum Gasteiger partial charge on any atom is 0.150 e. The van der Waals surface area contributed by atoms with Gasteiger partial charge in [0, 0.05) is 12.4 Å². The summed E-state index contributed by atoms with van der Waals surface area (Å²) in [6.07, 6.45) is 5.73. The molecule has 2 N–H and O–H groups in total. The molecule has 1 aromatic rings. The molecule has 2 heterocycles. The van der Waals surface area contributed by atoms with Gasteiger partial charge in [-0.15, -0.1) is 0 Å². The number of aromatic nitrogens is 2. The van der Waals surface area contributed by atoms with E-state index in [0.29, 0.717) is 18.7 Å². The Bertz CT molecular complexity index is 485. The second-order valence-corrected chi connectivity index (χ2v) is 7.12. The zero-order valence-electron chi connectivity index (χ0n) is 10.5. The quantitative estimate of drug-likeness (QED) is 0.890. The van der Waals surface area contributed by atoms with Crippen molar-refractivity contribution in [1.82, 2.24) is 9.97 Å². The number of sulfone groups is 1. The summed E-state index contributed by atoms with van der Waals surface area (Å²) in [5.74, 6) is 1.46. The van der Waals surface area contributed by atoms with Gasteiger partial charge < -0.3 is 5.73 Å². The number of hydrogen-bond acceptors (Lipinski definition) is 5. The van der Waals surface area contributed by atoms with Crippen molar-refractivity contribution in [2.45, 2.75) is 38.1 Å². The molecule has 0 bridgehead atoms. The van der Waals surface area contributed by atoms with Crippen molar-refractivity contribution in [3.05, 3.63) is 23.8 Å². The predicted molar refractivity (Wildman–Crippen MR) is 69.9 cm³/mol. The average Bonchev–Trinajstić information content (AvgIpc) is 2.38. The topological polar surface area (TPSA) is 85.9 Å². The summed E-state index contributed by atoms with van der Waals surface area (Å²) < 4.78 is 22.7. The van der Waals surface area contributed by atoms with E-state index in [9.17, 15) is 8.42 Å². The summed E-state index contributed by atoms with van der Waals surface area (Å²) in [5, 5.41) is 0. The standard InChI is InChI=1S/C12H19N3O2S/c1-2-11(13)12-14-7-10(8-15-12)9-3-5-18(16,17)6-4-9/h7-9,11H,2-6,13H2,1H3. The second kappa shape index (κ2) is 5.32.